The lowest BCUT2D eigenvalue weighted by atomic mass is 10.1. The van der Waals surface area contributed by atoms with E-state index in [4.69, 9.17) is 10.1 Å². The van der Waals surface area contributed by atoms with Gasteiger partial charge in [-0.1, -0.05) is 66.4 Å². The van der Waals surface area contributed by atoms with E-state index in [0.29, 0.717) is 11.8 Å². The second kappa shape index (κ2) is 11.8. The van der Waals surface area contributed by atoms with Crippen LogP contribution in [0.2, 0.25) is 0 Å². The van der Waals surface area contributed by atoms with E-state index in [-0.39, 0.29) is 11.4 Å². The summed E-state index contributed by atoms with van der Waals surface area (Å²) in [5, 5.41) is 16.3. The molecule has 2 aliphatic rings. The van der Waals surface area contributed by atoms with E-state index >= 15 is 0 Å². The number of aryl methyl sites for hydroxylation is 3. The van der Waals surface area contributed by atoms with E-state index in [1.807, 2.05) is 42.6 Å². The quantitative estimate of drug-likeness (QED) is 0.176. The third kappa shape index (κ3) is 6.01. The van der Waals surface area contributed by atoms with Crippen molar-refractivity contribution in [2.75, 3.05) is 6.61 Å². The molecule has 41 heavy (non-hydrogen) atoms. The molecule has 0 unspecified atom stereocenters. The smallest absolute Gasteiger partial charge is 0.283 e. The van der Waals surface area contributed by atoms with Crippen molar-refractivity contribution >= 4 is 61.8 Å². The number of rotatable bonds is 8. The van der Waals surface area contributed by atoms with Crippen LogP contribution in [0.4, 0.5) is 0 Å². The Bertz CT molecular complexity index is 1720. The lowest BCUT2D eigenvalue weighted by molar-refractivity contribution is -0.114. The molecule has 0 atom stereocenters. The van der Waals surface area contributed by atoms with Gasteiger partial charge in [0.25, 0.3) is 5.91 Å². The Morgan fingerprint density at radius 2 is 1.78 bits per heavy atom. The fourth-order valence-electron chi connectivity index (χ4n) is 4.92. The molecule has 1 N–H and O–H groups in total. The molecule has 0 fully saturated rings. The van der Waals surface area contributed by atoms with Gasteiger partial charge in [0.15, 0.2) is 10.2 Å². The van der Waals surface area contributed by atoms with Gasteiger partial charge in [-0.25, -0.2) is 0 Å². The molecular weight excluding hydrogens is 551 g/mol. The molecule has 2 aliphatic heterocycles. The van der Waals surface area contributed by atoms with Gasteiger partial charge in [0, 0.05) is 35.0 Å². The Hall–Kier alpha value is -4.08. The average Bonchev–Trinajstić information content (AvgIpc) is 3.53. The number of fused-ring (bicyclic) bond motifs is 2. The van der Waals surface area contributed by atoms with Crippen LogP contribution < -0.4 is 4.74 Å². The van der Waals surface area contributed by atoms with Gasteiger partial charge in [-0.2, -0.15) is 10.0 Å². The second-order valence-corrected chi connectivity index (χ2v) is 12.2. The zero-order chi connectivity index (χ0) is 28.3. The molecule has 7 nitrogen and oxygen atoms in total. The third-order valence-corrected chi connectivity index (χ3v) is 8.88. The minimum Gasteiger partial charge on any atom is -0.494 e. The Morgan fingerprint density at radius 3 is 2.59 bits per heavy atom. The van der Waals surface area contributed by atoms with Crippen molar-refractivity contribution in [3.63, 3.8) is 0 Å². The highest BCUT2D eigenvalue weighted by atomic mass is 32.2. The maximum absolute atomic E-state index is 13.1. The number of para-hydroxylation sites is 1. The number of aliphatic imine (C=N–C) groups is 1. The van der Waals surface area contributed by atoms with Crippen molar-refractivity contribution in [3.8, 4) is 5.75 Å². The second-order valence-electron chi connectivity index (χ2n) is 9.98. The first kappa shape index (κ1) is 27.1. The van der Waals surface area contributed by atoms with Gasteiger partial charge >= 0.3 is 0 Å². The summed E-state index contributed by atoms with van der Waals surface area (Å²) >= 11 is 2.91. The number of carbonyl (C=O) groups is 1. The predicted octanol–water partition coefficient (Wildman–Crippen LogP) is 7.24. The molecule has 0 saturated heterocycles. The van der Waals surface area contributed by atoms with Crippen LogP contribution in [0.5, 0.6) is 5.75 Å². The summed E-state index contributed by atoms with van der Waals surface area (Å²) < 4.78 is 8.97. The minimum absolute atomic E-state index is 0.0430. The average molecular weight is 580 g/mol. The minimum atomic E-state index is -0.420. The van der Waals surface area contributed by atoms with E-state index < -0.39 is 5.91 Å². The highest BCUT2D eigenvalue weighted by Crippen LogP contribution is 2.34. The van der Waals surface area contributed by atoms with Crippen molar-refractivity contribution in [2.45, 2.75) is 32.6 Å². The highest BCUT2D eigenvalue weighted by molar-refractivity contribution is 8.45. The Morgan fingerprint density at radius 1 is 1.02 bits per heavy atom. The first-order valence-electron chi connectivity index (χ1n) is 13.4. The lowest BCUT2D eigenvalue weighted by Crippen LogP contribution is -2.35. The lowest BCUT2D eigenvalue weighted by Gasteiger charge is -2.20. The van der Waals surface area contributed by atoms with E-state index in [1.54, 1.807) is 17.8 Å². The van der Waals surface area contributed by atoms with Crippen LogP contribution in [0.3, 0.4) is 0 Å². The standard InChI is InChI=1S/C32H29N5O2S2/c1-21-15-22(2)17-25(16-21)39-14-8-13-36-19-24(26-11-6-7-12-28(26)36)18-27-29(33)37-31(34-30(27)38)41-32(35-37)40-20-23-9-4-3-5-10-23/h3-7,9-12,15-19,33H,8,13-14,20H2,1-2H3. The number of hydrazone groups is 1. The summed E-state index contributed by atoms with van der Waals surface area (Å²) in [5.74, 6) is 1.27. The molecule has 1 aromatic heterocycles. The fraction of sp³-hybridized carbons (Fsp3) is 0.188. The van der Waals surface area contributed by atoms with E-state index in [9.17, 15) is 4.79 Å². The molecule has 0 spiro atoms. The number of ether oxygens (including phenoxy) is 1. The number of thioether (sulfide) groups is 2. The largest absolute Gasteiger partial charge is 0.494 e. The molecular formula is C32H29N5O2S2. The molecule has 9 heteroatoms. The van der Waals surface area contributed by atoms with Crippen LogP contribution in [0, 0.1) is 19.3 Å². The van der Waals surface area contributed by atoms with E-state index in [1.165, 1.54) is 33.5 Å². The Labute approximate surface area is 247 Å². The van der Waals surface area contributed by atoms with Crippen molar-refractivity contribution in [2.24, 2.45) is 10.1 Å². The molecule has 0 radical (unpaired) electrons. The molecule has 0 aliphatic carbocycles. The van der Waals surface area contributed by atoms with E-state index in [0.717, 1.165) is 45.3 Å². The molecule has 3 aromatic carbocycles. The van der Waals surface area contributed by atoms with Gasteiger partial charge < -0.3 is 9.30 Å². The number of aromatic nitrogens is 1. The number of carbonyl (C=O) groups excluding carboxylic acids is 1. The van der Waals surface area contributed by atoms with Crippen LogP contribution in [0.15, 0.2) is 94.7 Å². The van der Waals surface area contributed by atoms with Crippen LogP contribution in [-0.4, -0.2) is 37.5 Å². The van der Waals surface area contributed by atoms with Gasteiger partial charge in [-0.3, -0.25) is 10.2 Å². The molecule has 6 rings (SSSR count). The number of hydrogen-bond donors (Lipinski definition) is 1. The molecule has 0 saturated carbocycles. The summed E-state index contributed by atoms with van der Waals surface area (Å²) in [4.78, 5) is 17.3. The summed E-state index contributed by atoms with van der Waals surface area (Å²) in [6.07, 6.45) is 4.63. The molecule has 0 bridgehead atoms. The number of amides is 1. The predicted molar refractivity (Wildman–Crippen MR) is 171 cm³/mol. The highest BCUT2D eigenvalue weighted by Gasteiger charge is 2.36. The fourth-order valence-corrected chi connectivity index (χ4v) is 6.81. The molecule has 1 amide bonds. The van der Waals surface area contributed by atoms with Gasteiger partial charge in [0.2, 0.25) is 5.17 Å². The van der Waals surface area contributed by atoms with Crippen molar-refractivity contribution in [3.05, 3.63) is 107 Å². The van der Waals surface area contributed by atoms with Crippen LogP contribution in [0.25, 0.3) is 17.0 Å². The third-order valence-electron chi connectivity index (χ3n) is 6.77. The van der Waals surface area contributed by atoms with Crippen molar-refractivity contribution in [1.29, 1.82) is 5.41 Å². The van der Waals surface area contributed by atoms with Crippen LogP contribution >= 0.6 is 23.5 Å². The normalized spacial score (nSPS) is 15.9. The Kier molecular flexibility index (Phi) is 7.80. The maximum Gasteiger partial charge on any atom is 0.283 e. The summed E-state index contributed by atoms with van der Waals surface area (Å²) in [6.45, 7) is 5.51. The SMILES string of the molecule is Cc1cc(C)cc(OCCCn2cc(C=C3C(=N)N4N=C(SCc5ccccc5)SC4=NC3=O)c3ccccc32)c1. The van der Waals surface area contributed by atoms with Gasteiger partial charge in [0.1, 0.15) is 5.75 Å². The maximum atomic E-state index is 13.1. The van der Waals surface area contributed by atoms with Gasteiger partial charge in [0.05, 0.1) is 12.2 Å². The first-order chi connectivity index (χ1) is 19.9. The monoisotopic (exact) mass is 579 g/mol. The number of hydrogen-bond acceptors (Lipinski definition) is 6. The summed E-state index contributed by atoms with van der Waals surface area (Å²) in [6, 6.07) is 24.5. The van der Waals surface area contributed by atoms with Crippen molar-refractivity contribution < 1.29 is 9.53 Å². The number of amidine groups is 2. The Balaban J connectivity index is 1.18. The molecule has 4 aromatic rings. The summed E-state index contributed by atoms with van der Waals surface area (Å²) in [5.41, 5.74) is 5.74. The number of benzene rings is 3. The van der Waals surface area contributed by atoms with Crippen LogP contribution in [0.1, 0.15) is 28.7 Å². The molecule has 206 valence electrons. The molecule has 3 heterocycles. The zero-order valence-corrected chi connectivity index (χ0v) is 24.5. The van der Waals surface area contributed by atoms with Gasteiger partial charge in [-0.15, -0.1) is 5.10 Å². The number of nitrogens with zero attached hydrogens (tertiary/aromatic N) is 4. The van der Waals surface area contributed by atoms with Gasteiger partial charge in [-0.05, 0) is 73.0 Å². The number of nitrogens with one attached hydrogen (secondary N) is 1. The summed E-state index contributed by atoms with van der Waals surface area (Å²) in [7, 11) is 0. The zero-order valence-electron chi connectivity index (χ0n) is 22.8. The van der Waals surface area contributed by atoms with Crippen molar-refractivity contribution in [1.82, 2.24) is 9.58 Å². The van der Waals surface area contributed by atoms with E-state index in [2.05, 4.69) is 64.9 Å². The van der Waals surface area contributed by atoms with Crippen LogP contribution in [-0.2, 0) is 17.1 Å². The first-order valence-corrected chi connectivity index (χ1v) is 15.2. The topological polar surface area (TPSA) is 83.0 Å².